The number of methoxy groups -OCH3 is 1. The first-order chi connectivity index (χ1) is 8.02. The third-order valence-corrected chi connectivity index (χ3v) is 3.24. The Morgan fingerprint density at radius 1 is 1.59 bits per heavy atom. The summed E-state index contributed by atoms with van der Waals surface area (Å²) < 4.78 is 4.84. The summed E-state index contributed by atoms with van der Waals surface area (Å²) in [6.45, 7) is 1.42. The molecule has 5 nitrogen and oxygen atoms in total. The summed E-state index contributed by atoms with van der Waals surface area (Å²) >= 11 is 1.26. The number of hydrogen-bond donors (Lipinski definition) is 2. The highest BCUT2D eigenvalue weighted by molar-refractivity contribution is 7.13. The minimum absolute atomic E-state index is 0.301. The molecule has 6 heteroatoms. The van der Waals surface area contributed by atoms with Gasteiger partial charge in [-0.2, -0.15) is 0 Å². The van der Waals surface area contributed by atoms with Gasteiger partial charge in [-0.15, -0.1) is 11.3 Å². The van der Waals surface area contributed by atoms with Crippen LogP contribution >= 0.6 is 11.3 Å². The fraction of sp³-hybridized carbons (Fsp3) is 0.545. The molecule has 1 aromatic heterocycles. The van der Waals surface area contributed by atoms with E-state index in [4.69, 9.17) is 9.84 Å². The van der Waals surface area contributed by atoms with Crippen LogP contribution in [0.1, 0.15) is 14.5 Å². The highest BCUT2D eigenvalue weighted by atomic mass is 32.1. The van der Waals surface area contributed by atoms with Gasteiger partial charge in [-0.25, -0.2) is 4.79 Å². The summed E-state index contributed by atoms with van der Waals surface area (Å²) in [5.41, 5.74) is 0. The van der Waals surface area contributed by atoms with Crippen LogP contribution in [0, 0.1) is 0 Å². The first-order valence-corrected chi connectivity index (χ1v) is 6.02. The Morgan fingerprint density at radius 3 is 2.82 bits per heavy atom. The van der Waals surface area contributed by atoms with Crippen molar-refractivity contribution < 1.29 is 19.7 Å². The molecule has 0 saturated carbocycles. The maximum Gasteiger partial charge on any atom is 0.345 e. The van der Waals surface area contributed by atoms with Crippen molar-refractivity contribution in [3.8, 4) is 0 Å². The smallest absolute Gasteiger partial charge is 0.345 e. The Balaban J connectivity index is 2.44. The number of likely N-dealkylation sites (N-methyl/N-ethyl adjacent to an activating group) is 1. The average molecular weight is 259 g/mol. The van der Waals surface area contributed by atoms with Crippen molar-refractivity contribution in [3.63, 3.8) is 0 Å². The van der Waals surface area contributed by atoms with E-state index in [1.54, 1.807) is 19.2 Å². The number of nitrogens with zero attached hydrogens (tertiary/aromatic N) is 1. The Hall–Kier alpha value is -0.950. The molecule has 0 aromatic carbocycles. The number of thiophene rings is 1. The normalized spacial score (nSPS) is 12.9. The molecule has 1 unspecified atom stereocenters. The molecule has 0 fully saturated rings. The monoisotopic (exact) mass is 259 g/mol. The van der Waals surface area contributed by atoms with Crippen LogP contribution in [0.3, 0.4) is 0 Å². The van der Waals surface area contributed by atoms with E-state index in [1.165, 1.54) is 11.3 Å². The molecule has 1 aromatic rings. The van der Waals surface area contributed by atoms with Crippen molar-refractivity contribution in [3.05, 3.63) is 21.9 Å². The molecule has 0 saturated heterocycles. The van der Waals surface area contributed by atoms with E-state index in [-0.39, 0.29) is 0 Å². The van der Waals surface area contributed by atoms with Crippen LogP contribution in [0.25, 0.3) is 0 Å². The van der Waals surface area contributed by atoms with Gasteiger partial charge in [0, 0.05) is 25.1 Å². The van der Waals surface area contributed by atoms with Crippen molar-refractivity contribution in [2.24, 2.45) is 0 Å². The first kappa shape index (κ1) is 14.1. The van der Waals surface area contributed by atoms with Gasteiger partial charge < -0.3 is 14.9 Å². The van der Waals surface area contributed by atoms with E-state index in [2.05, 4.69) is 0 Å². The molecule has 0 aliphatic heterocycles. The van der Waals surface area contributed by atoms with Gasteiger partial charge in [0.05, 0.1) is 12.7 Å². The number of rotatable bonds is 7. The Bertz CT molecular complexity index is 366. The molecule has 96 valence electrons. The molecule has 0 spiro atoms. The van der Waals surface area contributed by atoms with E-state index in [9.17, 15) is 9.90 Å². The number of hydrogen-bond acceptors (Lipinski definition) is 5. The molecule has 2 N–H and O–H groups in total. The summed E-state index contributed by atoms with van der Waals surface area (Å²) in [7, 11) is 3.42. The van der Waals surface area contributed by atoms with Gasteiger partial charge in [0.25, 0.3) is 0 Å². The highest BCUT2D eigenvalue weighted by Crippen LogP contribution is 2.17. The van der Waals surface area contributed by atoms with Gasteiger partial charge in [0.15, 0.2) is 0 Å². The number of aliphatic hydroxyl groups is 1. The molecule has 0 bridgehead atoms. The largest absolute Gasteiger partial charge is 0.477 e. The minimum atomic E-state index is -0.900. The number of carbonyl (C=O) groups is 1. The lowest BCUT2D eigenvalue weighted by molar-refractivity contribution is 0.0420. The molecule has 0 aliphatic rings. The SMILES string of the molecule is COCC(O)CN(C)Cc1ccc(C(=O)O)s1. The maximum absolute atomic E-state index is 10.7. The lowest BCUT2D eigenvalue weighted by Gasteiger charge is -2.19. The quantitative estimate of drug-likeness (QED) is 0.761. The molecule has 1 rings (SSSR count). The fourth-order valence-electron chi connectivity index (χ4n) is 1.51. The Morgan fingerprint density at radius 2 is 2.29 bits per heavy atom. The van der Waals surface area contributed by atoms with Crippen LogP contribution in [0.2, 0.25) is 0 Å². The van der Waals surface area contributed by atoms with E-state index in [0.29, 0.717) is 24.6 Å². The van der Waals surface area contributed by atoms with E-state index < -0.39 is 12.1 Å². The van der Waals surface area contributed by atoms with E-state index >= 15 is 0 Å². The lowest BCUT2D eigenvalue weighted by Crippen LogP contribution is -2.31. The van der Waals surface area contributed by atoms with Crippen LogP contribution in [-0.2, 0) is 11.3 Å². The third kappa shape index (κ3) is 4.82. The molecular formula is C11H17NO4S. The predicted octanol–water partition coefficient (Wildman–Crippen LogP) is 0.885. The maximum atomic E-state index is 10.7. The van der Waals surface area contributed by atoms with E-state index in [0.717, 1.165) is 4.88 Å². The molecule has 1 heterocycles. The number of aliphatic hydroxyl groups excluding tert-OH is 1. The van der Waals surface area contributed by atoms with Crippen molar-refractivity contribution in [2.45, 2.75) is 12.6 Å². The summed E-state index contributed by atoms with van der Waals surface area (Å²) in [5, 5.41) is 18.3. The zero-order valence-electron chi connectivity index (χ0n) is 9.92. The Kier molecular flexibility index (Phi) is 5.57. The van der Waals surface area contributed by atoms with Crippen LogP contribution in [0.15, 0.2) is 12.1 Å². The van der Waals surface area contributed by atoms with Crippen LogP contribution < -0.4 is 0 Å². The van der Waals surface area contributed by atoms with Crippen LogP contribution in [0.5, 0.6) is 0 Å². The molecule has 0 aliphatic carbocycles. The summed E-state index contributed by atoms with van der Waals surface area (Å²) in [6, 6.07) is 3.40. The number of carboxylic acid groups (broad SMARTS) is 1. The molecule has 17 heavy (non-hydrogen) atoms. The standard InChI is InChI=1S/C11H17NO4S/c1-12(5-8(13)7-16-2)6-9-3-4-10(17-9)11(14)15/h3-4,8,13H,5-7H2,1-2H3,(H,14,15). The van der Waals surface area contributed by atoms with Crippen molar-refractivity contribution in [1.82, 2.24) is 4.90 Å². The van der Waals surface area contributed by atoms with Crippen molar-refractivity contribution in [2.75, 3.05) is 27.3 Å². The van der Waals surface area contributed by atoms with E-state index in [1.807, 2.05) is 11.9 Å². The van der Waals surface area contributed by atoms with Gasteiger partial charge in [-0.1, -0.05) is 0 Å². The van der Waals surface area contributed by atoms with Gasteiger partial charge in [-0.3, -0.25) is 4.90 Å². The second-order valence-corrected chi connectivity index (χ2v) is 5.05. The minimum Gasteiger partial charge on any atom is -0.477 e. The van der Waals surface area contributed by atoms with Gasteiger partial charge >= 0.3 is 5.97 Å². The number of aromatic carboxylic acids is 1. The average Bonchev–Trinajstić information content (AvgIpc) is 2.66. The highest BCUT2D eigenvalue weighted by Gasteiger charge is 2.11. The predicted molar refractivity (Wildman–Crippen MR) is 65.5 cm³/mol. The zero-order valence-corrected chi connectivity index (χ0v) is 10.7. The Labute approximate surface area is 104 Å². The van der Waals surface area contributed by atoms with Crippen LogP contribution in [-0.4, -0.2) is 54.5 Å². The van der Waals surface area contributed by atoms with Crippen molar-refractivity contribution >= 4 is 17.3 Å². The third-order valence-electron chi connectivity index (χ3n) is 2.18. The second-order valence-electron chi connectivity index (χ2n) is 3.88. The van der Waals surface area contributed by atoms with Crippen molar-refractivity contribution in [1.29, 1.82) is 0 Å². The van der Waals surface area contributed by atoms with Gasteiger partial charge in [-0.05, 0) is 19.2 Å². The summed E-state index contributed by atoms with van der Waals surface area (Å²) in [5.74, 6) is -0.900. The van der Waals surface area contributed by atoms with Gasteiger partial charge in [0.1, 0.15) is 4.88 Å². The summed E-state index contributed by atoms with van der Waals surface area (Å²) in [4.78, 5) is 13.9. The second kappa shape index (κ2) is 6.70. The zero-order chi connectivity index (χ0) is 12.8. The summed E-state index contributed by atoms with van der Waals surface area (Å²) in [6.07, 6.45) is -0.524. The van der Waals surface area contributed by atoms with Crippen LogP contribution in [0.4, 0.5) is 0 Å². The number of ether oxygens (including phenoxy) is 1. The molecule has 0 radical (unpaired) electrons. The molecule has 1 atom stereocenters. The molecule has 0 amide bonds. The van der Waals surface area contributed by atoms with Gasteiger partial charge in [0.2, 0.25) is 0 Å². The fourth-order valence-corrected chi connectivity index (χ4v) is 2.44. The first-order valence-electron chi connectivity index (χ1n) is 5.20. The molecular weight excluding hydrogens is 242 g/mol. The topological polar surface area (TPSA) is 70.0 Å². The number of carboxylic acids is 1. The lowest BCUT2D eigenvalue weighted by atomic mass is 10.3.